The zero-order chi connectivity index (χ0) is 18.2. The van der Waals surface area contributed by atoms with Gasteiger partial charge in [-0.1, -0.05) is 26.0 Å². The number of carbonyl (C=O) groups is 3. The van der Waals surface area contributed by atoms with Crippen molar-refractivity contribution >= 4 is 35.2 Å². The average molecular weight is 362 g/mol. The molecule has 0 spiro atoms. The van der Waals surface area contributed by atoms with Crippen LogP contribution in [0, 0.1) is 17.3 Å². The van der Waals surface area contributed by atoms with Crippen LogP contribution in [0.1, 0.15) is 24.2 Å². The lowest BCUT2D eigenvalue weighted by Crippen LogP contribution is -2.38. The zero-order valence-corrected chi connectivity index (χ0v) is 15.1. The minimum absolute atomic E-state index is 0.0963. The molecule has 25 heavy (non-hydrogen) atoms. The number of carboxylic acids is 1. The standard InChI is InChI=1S/C18H22N2O4S/c1-18(2)13(14(18)17(23)24)15(21)19-12-6-4-3-5-11(12)16(22)20-7-9-25-10-8-20/h3-6,13-14H,7-10H2,1-2H3,(H,19,21)(H,23,24). The van der Waals surface area contributed by atoms with Gasteiger partial charge in [0.2, 0.25) is 5.91 Å². The number of hydrogen-bond donors (Lipinski definition) is 2. The van der Waals surface area contributed by atoms with Gasteiger partial charge in [0.15, 0.2) is 0 Å². The van der Waals surface area contributed by atoms with Crippen molar-refractivity contribution in [2.45, 2.75) is 13.8 Å². The van der Waals surface area contributed by atoms with Gasteiger partial charge in [0.25, 0.3) is 5.91 Å². The number of aliphatic carboxylic acids is 1. The summed E-state index contributed by atoms with van der Waals surface area (Å²) in [6, 6.07) is 6.91. The van der Waals surface area contributed by atoms with E-state index in [2.05, 4.69) is 5.32 Å². The molecular weight excluding hydrogens is 340 g/mol. The third kappa shape index (κ3) is 3.38. The van der Waals surface area contributed by atoms with Crippen LogP contribution in [-0.4, -0.2) is 52.4 Å². The van der Waals surface area contributed by atoms with Crippen molar-refractivity contribution in [2.24, 2.45) is 17.3 Å². The lowest BCUT2D eigenvalue weighted by atomic mass is 10.1. The van der Waals surface area contributed by atoms with Crippen LogP contribution in [0.4, 0.5) is 5.69 Å². The van der Waals surface area contributed by atoms with Crippen molar-refractivity contribution in [1.82, 2.24) is 4.90 Å². The molecule has 1 aliphatic heterocycles. The molecule has 2 aliphatic rings. The molecule has 2 amide bonds. The van der Waals surface area contributed by atoms with E-state index in [1.54, 1.807) is 43.0 Å². The molecule has 2 N–H and O–H groups in total. The predicted molar refractivity (Wildman–Crippen MR) is 96.7 cm³/mol. The number of carboxylic acid groups (broad SMARTS) is 1. The monoisotopic (exact) mass is 362 g/mol. The maximum absolute atomic E-state index is 12.8. The molecule has 2 unspecified atom stereocenters. The fraction of sp³-hybridized carbons (Fsp3) is 0.500. The number of rotatable bonds is 4. The van der Waals surface area contributed by atoms with Gasteiger partial charge in [0.05, 0.1) is 23.1 Å². The topological polar surface area (TPSA) is 86.7 Å². The first kappa shape index (κ1) is 17.8. The number of hydrogen-bond acceptors (Lipinski definition) is 4. The second kappa shape index (κ2) is 6.71. The molecule has 2 fully saturated rings. The number of nitrogens with one attached hydrogen (secondary N) is 1. The summed E-state index contributed by atoms with van der Waals surface area (Å²) in [5, 5.41) is 12.0. The van der Waals surface area contributed by atoms with Gasteiger partial charge in [-0.2, -0.15) is 11.8 Å². The zero-order valence-electron chi connectivity index (χ0n) is 14.3. The van der Waals surface area contributed by atoms with Crippen LogP contribution < -0.4 is 5.32 Å². The highest BCUT2D eigenvalue weighted by Crippen LogP contribution is 2.58. The van der Waals surface area contributed by atoms with E-state index in [4.69, 9.17) is 0 Å². The van der Waals surface area contributed by atoms with Crippen molar-refractivity contribution in [3.8, 4) is 0 Å². The van der Waals surface area contributed by atoms with Crippen LogP contribution in [-0.2, 0) is 9.59 Å². The van der Waals surface area contributed by atoms with E-state index >= 15 is 0 Å². The third-order valence-corrected chi connectivity index (χ3v) is 6.03. The second-order valence-corrected chi connectivity index (χ2v) is 8.28. The Hall–Kier alpha value is -2.02. The Labute approximate surface area is 151 Å². The summed E-state index contributed by atoms with van der Waals surface area (Å²) in [5.74, 6) is -0.838. The fourth-order valence-corrected chi connectivity index (χ4v) is 4.42. The number of anilines is 1. The van der Waals surface area contributed by atoms with Crippen LogP contribution >= 0.6 is 11.8 Å². The van der Waals surface area contributed by atoms with Gasteiger partial charge < -0.3 is 15.3 Å². The largest absolute Gasteiger partial charge is 0.481 e. The van der Waals surface area contributed by atoms with E-state index in [-0.39, 0.29) is 11.8 Å². The first-order valence-electron chi connectivity index (χ1n) is 8.33. The second-order valence-electron chi connectivity index (χ2n) is 7.05. The lowest BCUT2D eigenvalue weighted by Gasteiger charge is -2.27. The first-order chi connectivity index (χ1) is 11.8. The fourth-order valence-electron chi connectivity index (χ4n) is 3.51. The van der Waals surface area contributed by atoms with E-state index in [1.807, 2.05) is 11.8 Å². The number of nitrogens with zero attached hydrogens (tertiary/aromatic N) is 1. The minimum Gasteiger partial charge on any atom is -0.481 e. The molecule has 0 aromatic heterocycles. The quantitative estimate of drug-likeness (QED) is 0.857. The first-order valence-corrected chi connectivity index (χ1v) is 9.49. The van der Waals surface area contributed by atoms with Gasteiger partial charge >= 0.3 is 5.97 Å². The smallest absolute Gasteiger partial charge is 0.307 e. The number of carbonyl (C=O) groups excluding carboxylic acids is 2. The Morgan fingerprint density at radius 2 is 1.80 bits per heavy atom. The molecule has 2 atom stereocenters. The molecule has 1 aromatic carbocycles. The highest BCUT2D eigenvalue weighted by Gasteiger charge is 2.65. The van der Waals surface area contributed by atoms with Crippen LogP contribution in [0.15, 0.2) is 24.3 Å². The number of thioether (sulfide) groups is 1. The van der Waals surface area contributed by atoms with Gasteiger partial charge in [0, 0.05) is 24.6 Å². The maximum atomic E-state index is 12.8. The van der Waals surface area contributed by atoms with Crippen molar-refractivity contribution in [3.63, 3.8) is 0 Å². The molecule has 3 rings (SSSR count). The van der Waals surface area contributed by atoms with E-state index in [0.29, 0.717) is 24.3 Å². The average Bonchev–Trinajstić information content (AvgIpc) is 3.18. The number of para-hydroxylation sites is 1. The summed E-state index contributed by atoms with van der Waals surface area (Å²) >= 11 is 1.82. The summed E-state index contributed by atoms with van der Waals surface area (Å²) in [5.41, 5.74) is 0.328. The molecule has 134 valence electrons. The summed E-state index contributed by atoms with van der Waals surface area (Å²) in [6.45, 7) is 4.95. The van der Waals surface area contributed by atoms with E-state index in [0.717, 1.165) is 11.5 Å². The van der Waals surface area contributed by atoms with E-state index in [1.165, 1.54) is 0 Å². The summed E-state index contributed by atoms with van der Waals surface area (Å²) in [7, 11) is 0. The summed E-state index contributed by atoms with van der Waals surface area (Å²) in [6.07, 6.45) is 0. The van der Waals surface area contributed by atoms with Crippen LogP contribution in [0.5, 0.6) is 0 Å². The summed E-state index contributed by atoms with van der Waals surface area (Å²) < 4.78 is 0. The third-order valence-electron chi connectivity index (χ3n) is 5.09. The predicted octanol–water partition coefficient (Wildman–Crippen LogP) is 2.17. The van der Waals surface area contributed by atoms with E-state index in [9.17, 15) is 19.5 Å². The summed E-state index contributed by atoms with van der Waals surface area (Å²) in [4.78, 5) is 38.4. The van der Waals surface area contributed by atoms with Crippen molar-refractivity contribution in [2.75, 3.05) is 29.9 Å². The van der Waals surface area contributed by atoms with E-state index < -0.39 is 23.2 Å². The van der Waals surface area contributed by atoms with Gasteiger partial charge in [-0.3, -0.25) is 14.4 Å². The van der Waals surface area contributed by atoms with Crippen molar-refractivity contribution < 1.29 is 19.5 Å². The molecule has 1 aliphatic carbocycles. The molecular formula is C18H22N2O4S. The Morgan fingerprint density at radius 1 is 1.16 bits per heavy atom. The SMILES string of the molecule is CC1(C)C(C(=O)O)C1C(=O)Nc1ccccc1C(=O)N1CCSCC1. The Balaban J connectivity index is 1.76. The maximum Gasteiger partial charge on any atom is 0.307 e. The van der Waals surface area contributed by atoms with Crippen LogP contribution in [0.25, 0.3) is 0 Å². The lowest BCUT2D eigenvalue weighted by molar-refractivity contribution is -0.140. The minimum atomic E-state index is -0.958. The molecule has 0 radical (unpaired) electrons. The van der Waals surface area contributed by atoms with Gasteiger partial charge in [-0.15, -0.1) is 0 Å². The molecule has 1 heterocycles. The number of benzene rings is 1. The van der Waals surface area contributed by atoms with Gasteiger partial charge in [0.1, 0.15) is 0 Å². The molecule has 1 saturated carbocycles. The molecule has 1 saturated heterocycles. The molecule has 6 nitrogen and oxygen atoms in total. The Morgan fingerprint density at radius 3 is 2.40 bits per heavy atom. The Kier molecular flexibility index (Phi) is 4.77. The molecule has 1 aromatic rings. The molecule has 0 bridgehead atoms. The molecule has 7 heteroatoms. The normalized spacial score (nSPS) is 24.5. The van der Waals surface area contributed by atoms with Crippen molar-refractivity contribution in [3.05, 3.63) is 29.8 Å². The number of amides is 2. The Bertz CT molecular complexity index is 713. The van der Waals surface area contributed by atoms with Crippen LogP contribution in [0.3, 0.4) is 0 Å². The van der Waals surface area contributed by atoms with Crippen LogP contribution in [0.2, 0.25) is 0 Å². The van der Waals surface area contributed by atoms with Gasteiger partial charge in [-0.25, -0.2) is 0 Å². The van der Waals surface area contributed by atoms with Crippen molar-refractivity contribution in [1.29, 1.82) is 0 Å². The highest BCUT2D eigenvalue weighted by atomic mass is 32.2. The van der Waals surface area contributed by atoms with Gasteiger partial charge in [-0.05, 0) is 17.5 Å². The highest BCUT2D eigenvalue weighted by molar-refractivity contribution is 7.99.